The molecule has 0 spiro atoms. The van der Waals surface area contributed by atoms with Crippen molar-refractivity contribution in [2.45, 2.75) is 20.5 Å². The molecule has 132 valence electrons. The summed E-state index contributed by atoms with van der Waals surface area (Å²) in [7, 11) is 0. The van der Waals surface area contributed by atoms with E-state index in [9.17, 15) is 4.39 Å². The van der Waals surface area contributed by atoms with Gasteiger partial charge in [-0.05, 0) is 73.0 Å². The molecule has 0 saturated carbocycles. The SMILES string of the molecule is Cc1ccc(N=Cc2cc(Br)ccc2OCc2cccc(F)c2)cc1C. The molecule has 0 aliphatic carbocycles. The standard InChI is InChI=1S/C22H19BrFNO/c1-15-6-8-21(10-16(15)2)25-13-18-12-19(23)7-9-22(18)26-14-17-4-3-5-20(24)11-17/h3-13H,14H2,1-2H3. The quantitative estimate of drug-likeness (QED) is 0.437. The first-order valence-electron chi connectivity index (χ1n) is 8.29. The predicted octanol–water partition coefficient (Wildman–Crippen LogP) is 6.53. The molecule has 4 heteroatoms. The fraction of sp³-hybridized carbons (Fsp3) is 0.136. The van der Waals surface area contributed by atoms with Crippen molar-refractivity contribution in [1.29, 1.82) is 0 Å². The van der Waals surface area contributed by atoms with E-state index in [1.165, 1.54) is 23.3 Å². The van der Waals surface area contributed by atoms with Crippen molar-refractivity contribution in [3.05, 3.63) is 93.2 Å². The average Bonchev–Trinajstić information content (AvgIpc) is 2.62. The monoisotopic (exact) mass is 411 g/mol. The minimum Gasteiger partial charge on any atom is -0.488 e. The van der Waals surface area contributed by atoms with Crippen LogP contribution in [0.1, 0.15) is 22.3 Å². The van der Waals surface area contributed by atoms with Crippen LogP contribution < -0.4 is 4.74 Å². The molecule has 3 aromatic rings. The molecule has 0 N–H and O–H groups in total. The Bertz CT molecular complexity index is 953. The number of ether oxygens (including phenoxy) is 1. The third-order valence-corrected chi connectivity index (χ3v) is 4.59. The zero-order chi connectivity index (χ0) is 18.5. The van der Waals surface area contributed by atoms with Crippen molar-refractivity contribution in [1.82, 2.24) is 0 Å². The summed E-state index contributed by atoms with van der Waals surface area (Å²) < 4.78 is 20.1. The van der Waals surface area contributed by atoms with Crippen LogP contribution in [-0.4, -0.2) is 6.21 Å². The van der Waals surface area contributed by atoms with Crippen LogP contribution in [0.5, 0.6) is 5.75 Å². The van der Waals surface area contributed by atoms with Crippen LogP contribution in [0.25, 0.3) is 0 Å². The number of rotatable bonds is 5. The lowest BCUT2D eigenvalue weighted by Crippen LogP contribution is -1.99. The van der Waals surface area contributed by atoms with E-state index in [2.05, 4.69) is 46.9 Å². The minimum atomic E-state index is -0.265. The van der Waals surface area contributed by atoms with Gasteiger partial charge < -0.3 is 4.74 Å². The first kappa shape index (κ1) is 18.3. The number of aliphatic imine (C=N–C) groups is 1. The Hall–Kier alpha value is -2.46. The summed E-state index contributed by atoms with van der Waals surface area (Å²) in [6.07, 6.45) is 1.79. The second-order valence-corrected chi connectivity index (χ2v) is 7.04. The highest BCUT2D eigenvalue weighted by Gasteiger charge is 2.05. The molecule has 0 heterocycles. The molecule has 0 bridgehead atoms. The van der Waals surface area contributed by atoms with Gasteiger partial charge in [-0.1, -0.05) is 34.1 Å². The molecule has 0 aromatic heterocycles. The zero-order valence-electron chi connectivity index (χ0n) is 14.7. The summed E-state index contributed by atoms with van der Waals surface area (Å²) in [5.74, 6) is 0.434. The number of nitrogens with zero attached hydrogens (tertiary/aromatic N) is 1. The van der Waals surface area contributed by atoms with Gasteiger partial charge in [0, 0.05) is 16.3 Å². The van der Waals surface area contributed by atoms with Crippen LogP contribution in [0.4, 0.5) is 10.1 Å². The minimum absolute atomic E-state index is 0.265. The maximum Gasteiger partial charge on any atom is 0.128 e. The van der Waals surface area contributed by atoms with Crippen molar-refractivity contribution in [3.63, 3.8) is 0 Å². The van der Waals surface area contributed by atoms with E-state index in [0.29, 0.717) is 12.4 Å². The van der Waals surface area contributed by atoms with Crippen LogP contribution in [0.2, 0.25) is 0 Å². The number of aryl methyl sites for hydroxylation is 2. The maximum atomic E-state index is 13.3. The molecule has 0 radical (unpaired) electrons. The molecule has 0 unspecified atom stereocenters. The van der Waals surface area contributed by atoms with Crippen molar-refractivity contribution in [2.75, 3.05) is 0 Å². The summed E-state index contributed by atoms with van der Waals surface area (Å²) >= 11 is 3.48. The van der Waals surface area contributed by atoms with Gasteiger partial charge in [-0.3, -0.25) is 4.99 Å². The first-order valence-corrected chi connectivity index (χ1v) is 9.09. The topological polar surface area (TPSA) is 21.6 Å². The van der Waals surface area contributed by atoms with Crippen LogP contribution in [-0.2, 0) is 6.61 Å². The normalized spacial score (nSPS) is 11.1. The number of halogens is 2. The molecular weight excluding hydrogens is 393 g/mol. The zero-order valence-corrected chi connectivity index (χ0v) is 16.3. The molecule has 0 amide bonds. The van der Waals surface area contributed by atoms with E-state index in [-0.39, 0.29) is 5.82 Å². The number of hydrogen-bond donors (Lipinski definition) is 0. The Kier molecular flexibility index (Phi) is 5.84. The van der Waals surface area contributed by atoms with Gasteiger partial charge in [-0.25, -0.2) is 4.39 Å². The van der Waals surface area contributed by atoms with Gasteiger partial charge >= 0.3 is 0 Å². The summed E-state index contributed by atoms with van der Waals surface area (Å²) in [5.41, 5.74) is 4.98. The Balaban J connectivity index is 1.81. The lowest BCUT2D eigenvalue weighted by atomic mass is 10.1. The number of benzene rings is 3. The number of hydrogen-bond acceptors (Lipinski definition) is 2. The van der Waals surface area contributed by atoms with Crippen molar-refractivity contribution < 1.29 is 9.13 Å². The second kappa shape index (κ2) is 8.28. The van der Waals surface area contributed by atoms with Crippen molar-refractivity contribution in [3.8, 4) is 5.75 Å². The van der Waals surface area contributed by atoms with E-state index in [1.807, 2.05) is 30.3 Å². The third-order valence-electron chi connectivity index (χ3n) is 4.10. The molecular formula is C22H19BrFNO. The summed E-state index contributed by atoms with van der Waals surface area (Å²) in [6.45, 7) is 4.44. The van der Waals surface area contributed by atoms with Crippen LogP contribution in [0, 0.1) is 19.7 Å². The highest BCUT2D eigenvalue weighted by atomic mass is 79.9. The van der Waals surface area contributed by atoms with Crippen LogP contribution in [0.3, 0.4) is 0 Å². The summed E-state index contributed by atoms with van der Waals surface area (Å²) in [6, 6.07) is 18.3. The lowest BCUT2D eigenvalue weighted by Gasteiger charge is -2.10. The van der Waals surface area contributed by atoms with Crippen molar-refractivity contribution >= 4 is 27.8 Å². The average molecular weight is 412 g/mol. The van der Waals surface area contributed by atoms with E-state index in [4.69, 9.17) is 4.74 Å². The van der Waals surface area contributed by atoms with E-state index >= 15 is 0 Å². The Morgan fingerprint density at radius 2 is 1.85 bits per heavy atom. The molecule has 3 aromatic carbocycles. The highest BCUT2D eigenvalue weighted by molar-refractivity contribution is 9.10. The smallest absolute Gasteiger partial charge is 0.128 e. The van der Waals surface area contributed by atoms with Gasteiger partial charge in [0.05, 0.1) is 5.69 Å². The fourth-order valence-electron chi connectivity index (χ4n) is 2.49. The van der Waals surface area contributed by atoms with Gasteiger partial charge in [0.2, 0.25) is 0 Å². The Morgan fingerprint density at radius 1 is 1.00 bits per heavy atom. The van der Waals surface area contributed by atoms with E-state index in [1.54, 1.807) is 12.3 Å². The fourth-order valence-corrected chi connectivity index (χ4v) is 2.87. The van der Waals surface area contributed by atoms with E-state index < -0.39 is 0 Å². The first-order chi connectivity index (χ1) is 12.5. The lowest BCUT2D eigenvalue weighted by molar-refractivity contribution is 0.305. The van der Waals surface area contributed by atoms with Gasteiger partial charge in [0.1, 0.15) is 18.2 Å². The van der Waals surface area contributed by atoms with Gasteiger partial charge in [0.15, 0.2) is 0 Å². The molecule has 0 saturated heterocycles. The van der Waals surface area contributed by atoms with E-state index in [0.717, 1.165) is 21.3 Å². The summed E-state index contributed by atoms with van der Waals surface area (Å²) in [5, 5.41) is 0. The molecule has 0 atom stereocenters. The second-order valence-electron chi connectivity index (χ2n) is 6.13. The molecule has 2 nitrogen and oxygen atoms in total. The highest BCUT2D eigenvalue weighted by Crippen LogP contribution is 2.24. The van der Waals surface area contributed by atoms with Crippen molar-refractivity contribution in [2.24, 2.45) is 4.99 Å². The van der Waals surface area contributed by atoms with Gasteiger partial charge in [-0.2, -0.15) is 0 Å². The summed E-state index contributed by atoms with van der Waals surface area (Å²) in [4.78, 5) is 4.56. The third kappa shape index (κ3) is 4.79. The molecule has 0 aliphatic heterocycles. The molecule has 0 aliphatic rings. The maximum absolute atomic E-state index is 13.3. The molecule has 0 fully saturated rings. The molecule has 3 rings (SSSR count). The van der Waals surface area contributed by atoms with Gasteiger partial charge in [0.25, 0.3) is 0 Å². The predicted molar refractivity (Wildman–Crippen MR) is 108 cm³/mol. The Morgan fingerprint density at radius 3 is 2.62 bits per heavy atom. The van der Waals surface area contributed by atoms with Crippen LogP contribution in [0.15, 0.2) is 70.1 Å². The van der Waals surface area contributed by atoms with Crippen LogP contribution >= 0.6 is 15.9 Å². The molecule has 26 heavy (non-hydrogen) atoms. The largest absolute Gasteiger partial charge is 0.488 e. The van der Waals surface area contributed by atoms with Gasteiger partial charge in [-0.15, -0.1) is 0 Å². The Labute approximate surface area is 161 Å².